The Bertz CT molecular complexity index is 300. The fourth-order valence-corrected chi connectivity index (χ4v) is 2.60. The minimum absolute atomic E-state index is 0.671. The number of hydrogen-bond donors (Lipinski definition) is 1. The molecular formula is C13H23N3O. The standard InChI is InChI=1S/C13H23N3O/c1-17-8-3-2-6-16-7-4-5-12(11-16)13-9-14-15-10-13/h9-10,12H,2-8,11H2,1H3,(H,14,15). The summed E-state index contributed by atoms with van der Waals surface area (Å²) in [5.74, 6) is 0.671. The summed E-state index contributed by atoms with van der Waals surface area (Å²) in [5.41, 5.74) is 1.37. The van der Waals surface area contributed by atoms with E-state index in [1.807, 2.05) is 12.4 Å². The Morgan fingerprint density at radius 2 is 2.47 bits per heavy atom. The maximum absolute atomic E-state index is 5.08. The molecule has 17 heavy (non-hydrogen) atoms. The van der Waals surface area contributed by atoms with Crippen LogP contribution in [0.4, 0.5) is 0 Å². The SMILES string of the molecule is COCCCCN1CCCC(c2cn[nH]c2)C1. The van der Waals surface area contributed by atoms with E-state index in [2.05, 4.69) is 15.1 Å². The number of rotatable bonds is 6. The number of nitrogens with one attached hydrogen (secondary N) is 1. The molecule has 1 aliphatic heterocycles. The lowest BCUT2D eigenvalue weighted by Crippen LogP contribution is -2.35. The highest BCUT2D eigenvalue weighted by molar-refractivity contribution is 5.11. The Hall–Kier alpha value is -0.870. The maximum Gasteiger partial charge on any atom is 0.0522 e. The summed E-state index contributed by atoms with van der Waals surface area (Å²) < 4.78 is 5.08. The van der Waals surface area contributed by atoms with Crippen LogP contribution in [0, 0.1) is 0 Å². The number of hydrogen-bond acceptors (Lipinski definition) is 3. The van der Waals surface area contributed by atoms with E-state index in [0.29, 0.717) is 5.92 Å². The average Bonchev–Trinajstić information content (AvgIpc) is 2.89. The van der Waals surface area contributed by atoms with Crippen LogP contribution in [0.3, 0.4) is 0 Å². The minimum Gasteiger partial charge on any atom is -0.385 e. The molecule has 0 radical (unpaired) electrons. The lowest BCUT2D eigenvalue weighted by molar-refractivity contribution is 0.172. The normalized spacial score (nSPS) is 21.8. The number of methoxy groups -OCH3 is 1. The minimum atomic E-state index is 0.671. The zero-order chi connectivity index (χ0) is 11.9. The third-order valence-corrected chi connectivity index (χ3v) is 3.57. The van der Waals surface area contributed by atoms with E-state index in [-0.39, 0.29) is 0 Å². The van der Waals surface area contributed by atoms with Crippen LogP contribution in [0.5, 0.6) is 0 Å². The molecule has 1 atom stereocenters. The summed E-state index contributed by atoms with van der Waals surface area (Å²) in [6, 6.07) is 0. The topological polar surface area (TPSA) is 41.1 Å². The van der Waals surface area contributed by atoms with E-state index in [1.54, 1.807) is 7.11 Å². The van der Waals surface area contributed by atoms with Gasteiger partial charge in [-0.25, -0.2) is 0 Å². The molecule has 0 aliphatic carbocycles. The van der Waals surface area contributed by atoms with E-state index >= 15 is 0 Å². The lowest BCUT2D eigenvalue weighted by Gasteiger charge is -2.32. The Morgan fingerprint density at radius 1 is 1.53 bits per heavy atom. The van der Waals surface area contributed by atoms with Crippen molar-refractivity contribution in [2.24, 2.45) is 0 Å². The van der Waals surface area contributed by atoms with Gasteiger partial charge in [0.1, 0.15) is 0 Å². The van der Waals surface area contributed by atoms with Gasteiger partial charge in [-0.2, -0.15) is 5.10 Å². The number of ether oxygens (including phenoxy) is 1. The molecule has 96 valence electrons. The first-order chi connectivity index (χ1) is 8.40. The molecule has 4 heteroatoms. The third-order valence-electron chi connectivity index (χ3n) is 3.57. The van der Waals surface area contributed by atoms with Gasteiger partial charge in [0.25, 0.3) is 0 Å². The number of aromatic nitrogens is 2. The predicted octanol–water partition coefficient (Wildman–Crippen LogP) is 2.02. The van der Waals surface area contributed by atoms with Gasteiger partial charge < -0.3 is 9.64 Å². The molecule has 0 amide bonds. The maximum atomic E-state index is 5.08. The van der Waals surface area contributed by atoms with Gasteiger partial charge in [-0.1, -0.05) is 0 Å². The van der Waals surface area contributed by atoms with Gasteiger partial charge in [-0.05, 0) is 50.3 Å². The largest absolute Gasteiger partial charge is 0.385 e. The van der Waals surface area contributed by atoms with Crippen molar-refractivity contribution in [3.05, 3.63) is 18.0 Å². The Balaban J connectivity index is 1.73. The lowest BCUT2D eigenvalue weighted by atomic mass is 9.93. The van der Waals surface area contributed by atoms with Gasteiger partial charge >= 0.3 is 0 Å². The summed E-state index contributed by atoms with van der Waals surface area (Å²) in [6.45, 7) is 4.53. The van der Waals surface area contributed by atoms with E-state index in [1.165, 1.54) is 50.9 Å². The molecule has 0 aromatic carbocycles. The quantitative estimate of drug-likeness (QED) is 0.770. The third kappa shape index (κ3) is 3.82. The fourth-order valence-electron chi connectivity index (χ4n) is 2.60. The number of aromatic amines is 1. The summed E-state index contributed by atoms with van der Waals surface area (Å²) in [6.07, 6.45) is 9.03. The van der Waals surface area contributed by atoms with Crippen molar-refractivity contribution in [2.75, 3.05) is 33.4 Å². The molecule has 1 aromatic heterocycles. The van der Waals surface area contributed by atoms with Crippen LogP contribution in [-0.2, 0) is 4.74 Å². The van der Waals surface area contributed by atoms with Crippen LogP contribution in [0.1, 0.15) is 37.2 Å². The summed E-state index contributed by atoms with van der Waals surface area (Å²) in [5, 5.41) is 6.97. The van der Waals surface area contributed by atoms with E-state index in [4.69, 9.17) is 4.74 Å². The second-order valence-corrected chi connectivity index (χ2v) is 4.87. The molecule has 1 fully saturated rings. The molecule has 1 saturated heterocycles. The molecule has 1 aromatic rings. The first-order valence-corrected chi connectivity index (χ1v) is 6.60. The van der Waals surface area contributed by atoms with Gasteiger partial charge in [0, 0.05) is 26.5 Å². The van der Waals surface area contributed by atoms with Crippen molar-refractivity contribution in [1.29, 1.82) is 0 Å². The molecule has 1 N–H and O–H groups in total. The zero-order valence-electron chi connectivity index (χ0n) is 10.7. The number of likely N-dealkylation sites (tertiary alicyclic amines) is 1. The van der Waals surface area contributed by atoms with E-state index in [9.17, 15) is 0 Å². The summed E-state index contributed by atoms with van der Waals surface area (Å²) in [4.78, 5) is 2.58. The van der Waals surface area contributed by atoms with Crippen LogP contribution < -0.4 is 0 Å². The highest BCUT2D eigenvalue weighted by Crippen LogP contribution is 2.25. The number of nitrogens with zero attached hydrogens (tertiary/aromatic N) is 2. The van der Waals surface area contributed by atoms with Gasteiger partial charge in [0.15, 0.2) is 0 Å². The first-order valence-electron chi connectivity index (χ1n) is 6.60. The Labute approximate surface area is 103 Å². The molecule has 0 spiro atoms. The second-order valence-electron chi connectivity index (χ2n) is 4.87. The Kier molecular flexibility index (Phi) is 5.01. The fraction of sp³-hybridized carbons (Fsp3) is 0.769. The van der Waals surface area contributed by atoms with Crippen LogP contribution >= 0.6 is 0 Å². The molecular weight excluding hydrogens is 214 g/mol. The Morgan fingerprint density at radius 3 is 3.24 bits per heavy atom. The molecule has 2 rings (SSSR count). The molecule has 4 nitrogen and oxygen atoms in total. The monoisotopic (exact) mass is 237 g/mol. The smallest absolute Gasteiger partial charge is 0.0522 e. The van der Waals surface area contributed by atoms with Gasteiger partial charge in [0.05, 0.1) is 6.20 Å². The summed E-state index contributed by atoms with van der Waals surface area (Å²) >= 11 is 0. The second kappa shape index (κ2) is 6.77. The number of H-pyrrole nitrogens is 1. The van der Waals surface area contributed by atoms with Crippen molar-refractivity contribution in [1.82, 2.24) is 15.1 Å². The van der Waals surface area contributed by atoms with Crippen LogP contribution in [-0.4, -0.2) is 48.4 Å². The van der Waals surface area contributed by atoms with Crippen molar-refractivity contribution < 1.29 is 4.74 Å². The molecule has 1 unspecified atom stereocenters. The molecule has 0 saturated carbocycles. The van der Waals surface area contributed by atoms with E-state index < -0.39 is 0 Å². The van der Waals surface area contributed by atoms with Gasteiger partial charge in [0.2, 0.25) is 0 Å². The highest BCUT2D eigenvalue weighted by atomic mass is 16.5. The first kappa shape index (κ1) is 12.6. The highest BCUT2D eigenvalue weighted by Gasteiger charge is 2.21. The zero-order valence-corrected chi connectivity index (χ0v) is 10.7. The van der Waals surface area contributed by atoms with Gasteiger partial charge in [-0.15, -0.1) is 0 Å². The van der Waals surface area contributed by atoms with Crippen LogP contribution in [0.15, 0.2) is 12.4 Å². The number of piperidine rings is 1. The van der Waals surface area contributed by atoms with Crippen molar-refractivity contribution in [3.8, 4) is 0 Å². The molecule has 2 heterocycles. The van der Waals surface area contributed by atoms with Crippen molar-refractivity contribution >= 4 is 0 Å². The average molecular weight is 237 g/mol. The van der Waals surface area contributed by atoms with Gasteiger partial charge in [-0.3, -0.25) is 5.10 Å². The number of unbranched alkanes of at least 4 members (excludes halogenated alkanes) is 1. The van der Waals surface area contributed by atoms with Crippen molar-refractivity contribution in [2.45, 2.75) is 31.6 Å². The molecule has 1 aliphatic rings. The van der Waals surface area contributed by atoms with Crippen LogP contribution in [0.2, 0.25) is 0 Å². The van der Waals surface area contributed by atoms with E-state index in [0.717, 1.165) is 6.61 Å². The van der Waals surface area contributed by atoms with Crippen molar-refractivity contribution in [3.63, 3.8) is 0 Å². The van der Waals surface area contributed by atoms with Crippen LogP contribution in [0.25, 0.3) is 0 Å². The molecule has 0 bridgehead atoms. The predicted molar refractivity (Wildman–Crippen MR) is 68.1 cm³/mol. The summed E-state index contributed by atoms with van der Waals surface area (Å²) in [7, 11) is 1.77.